The maximum Gasteiger partial charge on any atom is 0.287 e. The Bertz CT molecular complexity index is 1160. The molecule has 0 aliphatic heterocycles. The van der Waals surface area contributed by atoms with Crippen LogP contribution in [-0.2, 0) is 31.1 Å². The van der Waals surface area contributed by atoms with E-state index in [0.717, 1.165) is 6.26 Å². The van der Waals surface area contributed by atoms with Gasteiger partial charge in [-0.15, -0.1) is 0 Å². The first-order valence-electron chi connectivity index (χ1n) is 9.12. The molecule has 0 unspecified atom stereocenters. The van der Waals surface area contributed by atoms with Gasteiger partial charge in [-0.3, -0.25) is 4.79 Å². The minimum absolute atomic E-state index is 0.0108. The number of benzene rings is 2. The standard InChI is InChI=1S/C21H21Cl2N3O5S/c1-14(11-12-17-18(22)9-6-10-19(17)23)24-31-13-15-7-4-5-8-16(15)20(25-30-2)21(27)26-32(3,28)29/h4-12H,13H2,1-3H3,(H,26,27)/b12-11+,24-14?,25-20?. The highest BCUT2D eigenvalue weighted by atomic mass is 35.5. The predicted octanol–water partition coefficient (Wildman–Crippen LogP) is 4.03. The number of rotatable bonds is 9. The molecular formula is C21H21Cl2N3O5S. The van der Waals surface area contributed by atoms with Gasteiger partial charge in [-0.05, 0) is 25.1 Å². The lowest BCUT2D eigenvalue weighted by Gasteiger charge is -2.10. The second-order valence-electron chi connectivity index (χ2n) is 6.46. The van der Waals surface area contributed by atoms with Gasteiger partial charge in [0.1, 0.15) is 13.7 Å². The van der Waals surface area contributed by atoms with Crippen LogP contribution in [0.25, 0.3) is 6.08 Å². The van der Waals surface area contributed by atoms with Crippen molar-refractivity contribution in [3.63, 3.8) is 0 Å². The molecule has 2 rings (SSSR count). The monoisotopic (exact) mass is 497 g/mol. The molecule has 1 N–H and O–H groups in total. The molecule has 0 heterocycles. The van der Waals surface area contributed by atoms with Crippen molar-refractivity contribution >= 4 is 56.6 Å². The highest BCUT2D eigenvalue weighted by Crippen LogP contribution is 2.25. The van der Waals surface area contributed by atoms with E-state index in [2.05, 4.69) is 10.3 Å². The number of carbonyl (C=O) groups is 1. The van der Waals surface area contributed by atoms with E-state index in [4.69, 9.17) is 32.9 Å². The minimum Gasteiger partial charge on any atom is -0.398 e. The van der Waals surface area contributed by atoms with Gasteiger partial charge in [0, 0.05) is 26.7 Å². The minimum atomic E-state index is -3.79. The van der Waals surface area contributed by atoms with Gasteiger partial charge in [0.15, 0.2) is 5.71 Å². The van der Waals surface area contributed by atoms with E-state index >= 15 is 0 Å². The molecule has 0 aliphatic rings. The van der Waals surface area contributed by atoms with Crippen LogP contribution in [0.3, 0.4) is 0 Å². The van der Waals surface area contributed by atoms with Gasteiger partial charge in [-0.1, -0.05) is 69.9 Å². The molecule has 0 aromatic heterocycles. The van der Waals surface area contributed by atoms with Gasteiger partial charge in [0.05, 0.1) is 12.0 Å². The molecule has 2 aromatic carbocycles. The molecule has 0 atom stereocenters. The Balaban J connectivity index is 2.18. The van der Waals surface area contributed by atoms with Crippen molar-refractivity contribution in [1.82, 2.24) is 4.72 Å². The SMILES string of the molecule is CON=C(C(=O)NS(C)(=O)=O)c1ccccc1CON=C(C)/C=C/c1c(Cl)cccc1Cl. The quantitative estimate of drug-likeness (QED) is 0.415. The summed E-state index contributed by atoms with van der Waals surface area (Å²) in [5, 5.41) is 8.71. The second-order valence-corrected chi connectivity index (χ2v) is 9.02. The van der Waals surface area contributed by atoms with Gasteiger partial charge in [-0.25, -0.2) is 13.1 Å². The number of halogens is 2. The number of amides is 1. The zero-order valence-electron chi connectivity index (χ0n) is 17.5. The number of oxime groups is 2. The lowest BCUT2D eigenvalue weighted by Crippen LogP contribution is -2.36. The molecule has 0 fully saturated rings. The van der Waals surface area contributed by atoms with Crippen LogP contribution in [0.15, 0.2) is 58.9 Å². The van der Waals surface area contributed by atoms with Gasteiger partial charge in [0.25, 0.3) is 5.91 Å². The van der Waals surface area contributed by atoms with Crippen LogP contribution in [0, 0.1) is 0 Å². The van der Waals surface area contributed by atoms with Crippen molar-refractivity contribution in [2.75, 3.05) is 13.4 Å². The molecule has 11 heteroatoms. The average Bonchev–Trinajstić information content (AvgIpc) is 2.71. The van der Waals surface area contributed by atoms with Crippen molar-refractivity contribution in [2.45, 2.75) is 13.5 Å². The molecule has 0 spiro atoms. The van der Waals surface area contributed by atoms with Gasteiger partial charge >= 0.3 is 0 Å². The number of allylic oxidation sites excluding steroid dienone is 1. The van der Waals surface area contributed by atoms with Crippen LogP contribution in [0.1, 0.15) is 23.6 Å². The lowest BCUT2D eigenvalue weighted by molar-refractivity contribution is -0.113. The third kappa shape index (κ3) is 7.67. The smallest absolute Gasteiger partial charge is 0.287 e. The third-order valence-corrected chi connectivity index (χ3v) is 5.08. The molecule has 1 amide bonds. The zero-order valence-corrected chi connectivity index (χ0v) is 19.8. The maximum atomic E-state index is 12.4. The first kappa shape index (κ1) is 25.4. The maximum absolute atomic E-state index is 12.4. The topological polar surface area (TPSA) is 106 Å². The van der Waals surface area contributed by atoms with Crippen LogP contribution >= 0.6 is 23.2 Å². The summed E-state index contributed by atoms with van der Waals surface area (Å²) in [5.74, 6) is -0.930. The summed E-state index contributed by atoms with van der Waals surface area (Å²) >= 11 is 12.3. The van der Waals surface area contributed by atoms with Crippen LogP contribution in [-0.4, -0.2) is 39.1 Å². The summed E-state index contributed by atoms with van der Waals surface area (Å²) in [7, 11) is -2.54. The van der Waals surface area contributed by atoms with Crippen LogP contribution in [0.4, 0.5) is 0 Å². The highest BCUT2D eigenvalue weighted by molar-refractivity contribution is 7.89. The summed E-state index contributed by atoms with van der Waals surface area (Å²) in [6.45, 7) is 1.72. The number of carbonyl (C=O) groups excluding carboxylic acids is 1. The van der Waals surface area contributed by atoms with E-state index in [1.807, 2.05) is 4.72 Å². The Morgan fingerprint density at radius 2 is 1.75 bits per heavy atom. The number of hydrogen-bond donors (Lipinski definition) is 1. The lowest BCUT2D eigenvalue weighted by atomic mass is 10.0. The molecule has 0 radical (unpaired) electrons. The molecule has 0 bridgehead atoms. The molecule has 2 aromatic rings. The highest BCUT2D eigenvalue weighted by Gasteiger charge is 2.21. The molecule has 170 valence electrons. The molecule has 0 saturated carbocycles. The Kier molecular flexibility index (Phi) is 9.25. The zero-order chi connectivity index (χ0) is 23.7. The average molecular weight is 498 g/mol. The second kappa shape index (κ2) is 11.7. The van der Waals surface area contributed by atoms with Crippen LogP contribution in [0.2, 0.25) is 10.0 Å². The predicted molar refractivity (Wildman–Crippen MR) is 126 cm³/mol. The van der Waals surface area contributed by atoms with Crippen molar-refractivity contribution in [3.8, 4) is 0 Å². The Labute approximate surface area is 196 Å². The number of nitrogens with one attached hydrogen (secondary N) is 1. The summed E-state index contributed by atoms with van der Waals surface area (Å²) in [6, 6.07) is 11.9. The van der Waals surface area contributed by atoms with Crippen molar-refractivity contribution in [3.05, 3.63) is 75.3 Å². The fraction of sp³-hybridized carbons (Fsp3) is 0.190. The van der Waals surface area contributed by atoms with E-state index in [9.17, 15) is 13.2 Å². The fourth-order valence-corrected chi connectivity index (χ4v) is 3.46. The number of sulfonamides is 1. The van der Waals surface area contributed by atoms with Crippen LogP contribution < -0.4 is 4.72 Å². The normalized spacial score (nSPS) is 12.7. The molecular weight excluding hydrogens is 477 g/mol. The summed E-state index contributed by atoms with van der Waals surface area (Å²) in [4.78, 5) is 22.5. The largest absolute Gasteiger partial charge is 0.398 e. The van der Waals surface area contributed by atoms with Crippen molar-refractivity contribution < 1.29 is 22.9 Å². The molecule has 8 nitrogen and oxygen atoms in total. The number of hydrogen-bond acceptors (Lipinski definition) is 7. The van der Waals surface area contributed by atoms with Gasteiger partial charge < -0.3 is 9.68 Å². The first-order chi connectivity index (χ1) is 15.1. The van der Waals surface area contributed by atoms with Crippen LogP contribution in [0.5, 0.6) is 0 Å². The van der Waals surface area contributed by atoms with Gasteiger partial charge in [0.2, 0.25) is 10.0 Å². The fourth-order valence-electron chi connectivity index (χ4n) is 2.51. The van der Waals surface area contributed by atoms with Crippen molar-refractivity contribution in [1.29, 1.82) is 0 Å². The Hall–Kier alpha value is -2.88. The van der Waals surface area contributed by atoms with Gasteiger partial charge in [-0.2, -0.15) is 0 Å². The van der Waals surface area contributed by atoms with E-state index in [0.29, 0.717) is 32.4 Å². The first-order valence-corrected chi connectivity index (χ1v) is 11.8. The van der Waals surface area contributed by atoms with E-state index in [-0.39, 0.29) is 12.3 Å². The summed E-state index contributed by atoms with van der Waals surface area (Å²) < 4.78 is 24.7. The van der Waals surface area contributed by atoms with E-state index in [1.165, 1.54) is 7.11 Å². The van der Waals surface area contributed by atoms with E-state index in [1.54, 1.807) is 61.5 Å². The van der Waals surface area contributed by atoms with Crippen molar-refractivity contribution in [2.24, 2.45) is 10.3 Å². The Morgan fingerprint density at radius 1 is 1.09 bits per heavy atom. The molecule has 0 saturated heterocycles. The third-order valence-electron chi connectivity index (χ3n) is 3.87. The summed E-state index contributed by atoms with van der Waals surface area (Å²) in [5.41, 5.74) is 1.86. The number of nitrogens with zero attached hydrogens (tertiary/aromatic N) is 2. The summed E-state index contributed by atoms with van der Waals surface area (Å²) in [6.07, 6.45) is 4.28. The van der Waals surface area contributed by atoms with E-state index < -0.39 is 15.9 Å². The Morgan fingerprint density at radius 3 is 2.38 bits per heavy atom. The molecule has 32 heavy (non-hydrogen) atoms. The molecule has 0 aliphatic carbocycles.